The van der Waals surface area contributed by atoms with E-state index >= 15 is 0 Å². The fraction of sp³-hybridized carbons (Fsp3) is 0.143. The van der Waals surface area contributed by atoms with Crippen LogP contribution in [0.1, 0.15) is 6.42 Å². The van der Waals surface area contributed by atoms with Crippen molar-refractivity contribution in [1.29, 1.82) is 0 Å². The first-order valence-corrected chi connectivity index (χ1v) is 9.79. The molecule has 0 unspecified atom stereocenters. The molecule has 0 N–H and O–H groups in total. The minimum Gasteiger partial charge on any atom is -0.494 e. The van der Waals surface area contributed by atoms with Gasteiger partial charge in [-0.3, -0.25) is 0 Å². The molecule has 0 fully saturated rings. The molecule has 1 radical (unpaired) electrons. The zero-order chi connectivity index (χ0) is 15.7. The van der Waals surface area contributed by atoms with Crippen LogP contribution in [0, 0.1) is 0 Å². The van der Waals surface area contributed by atoms with Gasteiger partial charge in [-0.2, -0.15) is 0 Å². The van der Waals surface area contributed by atoms with Crippen molar-refractivity contribution in [3.05, 3.63) is 91.0 Å². The smallest absolute Gasteiger partial charge is 0.121 e. The third kappa shape index (κ3) is 4.57. The third-order valence-corrected chi connectivity index (χ3v) is 6.74. The Hall–Kier alpha value is -2.32. The Balaban J connectivity index is 1.63. The summed E-state index contributed by atoms with van der Waals surface area (Å²) < 4.78 is 5.84. The molecular weight excluding hydrogens is 296 g/mol. The van der Waals surface area contributed by atoms with Crippen molar-refractivity contribution in [2.24, 2.45) is 0 Å². The first-order valence-electron chi connectivity index (χ1n) is 8.08. The van der Waals surface area contributed by atoms with Crippen LogP contribution in [-0.4, -0.2) is 15.4 Å². The minimum absolute atomic E-state index is 0.734. The Morgan fingerprint density at radius 3 is 1.61 bits per heavy atom. The Morgan fingerprint density at radius 1 is 0.609 bits per heavy atom. The standard InChI is InChI=1S/C21H21OSi/c1-4-11-19(12-5-1)22-17-10-18-23(20-13-6-2-7-14-20)21-15-8-3-9-16-21/h1-9,11-16H,10,17-18H2. The van der Waals surface area contributed by atoms with E-state index in [4.69, 9.17) is 4.74 Å². The molecule has 0 saturated heterocycles. The second kappa shape index (κ2) is 8.35. The van der Waals surface area contributed by atoms with Gasteiger partial charge in [0.05, 0.1) is 6.61 Å². The van der Waals surface area contributed by atoms with E-state index in [1.165, 1.54) is 16.4 Å². The molecule has 0 aromatic heterocycles. The van der Waals surface area contributed by atoms with Gasteiger partial charge in [-0.25, -0.2) is 0 Å². The van der Waals surface area contributed by atoms with Crippen LogP contribution in [0.2, 0.25) is 6.04 Å². The molecule has 3 aromatic carbocycles. The third-order valence-electron chi connectivity index (χ3n) is 3.83. The summed E-state index contributed by atoms with van der Waals surface area (Å²) in [6.45, 7) is 0.776. The Bertz CT molecular complexity index is 643. The maximum absolute atomic E-state index is 5.84. The summed E-state index contributed by atoms with van der Waals surface area (Å²) in [6, 6.07) is 33.1. The van der Waals surface area contributed by atoms with E-state index in [2.05, 4.69) is 60.7 Å². The predicted molar refractivity (Wildman–Crippen MR) is 99.3 cm³/mol. The van der Waals surface area contributed by atoms with Gasteiger partial charge in [0.15, 0.2) is 0 Å². The van der Waals surface area contributed by atoms with E-state index in [1.54, 1.807) is 0 Å². The average molecular weight is 317 g/mol. The molecule has 0 bridgehead atoms. The van der Waals surface area contributed by atoms with Crippen LogP contribution < -0.4 is 15.1 Å². The van der Waals surface area contributed by atoms with Gasteiger partial charge in [-0.05, 0) is 24.6 Å². The van der Waals surface area contributed by atoms with Gasteiger partial charge in [0, 0.05) is 0 Å². The van der Waals surface area contributed by atoms with E-state index in [0.717, 1.165) is 18.8 Å². The van der Waals surface area contributed by atoms with Crippen molar-refractivity contribution < 1.29 is 4.74 Å². The van der Waals surface area contributed by atoms with Crippen LogP contribution in [-0.2, 0) is 0 Å². The highest BCUT2D eigenvalue weighted by atomic mass is 28.3. The highest BCUT2D eigenvalue weighted by molar-refractivity contribution is 6.85. The molecule has 0 aliphatic carbocycles. The molecule has 23 heavy (non-hydrogen) atoms. The monoisotopic (exact) mass is 317 g/mol. The topological polar surface area (TPSA) is 9.23 Å². The van der Waals surface area contributed by atoms with Gasteiger partial charge in [0.25, 0.3) is 0 Å². The molecule has 3 aromatic rings. The SMILES string of the molecule is c1ccc(OCCC[Si](c2ccccc2)c2ccccc2)cc1. The molecule has 0 saturated carbocycles. The average Bonchev–Trinajstić information content (AvgIpc) is 2.64. The quantitative estimate of drug-likeness (QED) is 0.476. The van der Waals surface area contributed by atoms with Crippen molar-refractivity contribution in [2.75, 3.05) is 6.61 Å². The molecule has 0 atom stereocenters. The summed E-state index contributed by atoms with van der Waals surface area (Å²) in [7, 11) is -0.734. The van der Waals surface area contributed by atoms with E-state index < -0.39 is 8.80 Å². The van der Waals surface area contributed by atoms with Gasteiger partial charge < -0.3 is 4.74 Å². The molecule has 0 aliphatic rings. The van der Waals surface area contributed by atoms with Crippen LogP contribution in [0.4, 0.5) is 0 Å². The number of para-hydroxylation sites is 1. The van der Waals surface area contributed by atoms with Crippen LogP contribution in [0.15, 0.2) is 91.0 Å². The Kier molecular flexibility index (Phi) is 5.65. The van der Waals surface area contributed by atoms with Gasteiger partial charge in [0.1, 0.15) is 14.5 Å². The number of rotatable bonds is 7. The molecule has 0 spiro atoms. The first-order chi connectivity index (χ1) is 11.4. The fourth-order valence-corrected chi connectivity index (χ4v) is 5.29. The lowest BCUT2D eigenvalue weighted by atomic mass is 10.3. The lowest BCUT2D eigenvalue weighted by Crippen LogP contribution is -2.42. The highest BCUT2D eigenvalue weighted by Gasteiger charge is 2.16. The van der Waals surface area contributed by atoms with Crippen LogP contribution in [0.25, 0.3) is 0 Å². The van der Waals surface area contributed by atoms with Gasteiger partial charge in [-0.15, -0.1) is 0 Å². The van der Waals surface area contributed by atoms with E-state index in [-0.39, 0.29) is 0 Å². The van der Waals surface area contributed by atoms with E-state index in [0.29, 0.717) is 0 Å². The Morgan fingerprint density at radius 2 is 1.09 bits per heavy atom. The normalized spacial score (nSPS) is 10.7. The van der Waals surface area contributed by atoms with Crippen LogP contribution >= 0.6 is 0 Å². The van der Waals surface area contributed by atoms with Gasteiger partial charge in [-0.1, -0.05) is 89.2 Å². The lowest BCUT2D eigenvalue weighted by molar-refractivity contribution is 0.317. The number of benzene rings is 3. The number of ether oxygens (including phenoxy) is 1. The predicted octanol–water partition coefficient (Wildman–Crippen LogP) is 3.76. The molecular formula is C21H21OSi. The summed E-state index contributed by atoms with van der Waals surface area (Å²) in [4.78, 5) is 0. The van der Waals surface area contributed by atoms with Gasteiger partial charge >= 0.3 is 0 Å². The van der Waals surface area contributed by atoms with Gasteiger partial charge in [0.2, 0.25) is 0 Å². The largest absolute Gasteiger partial charge is 0.494 e. The van der Waals surface area contributed by atoms with Crippen LogP contribution in [0.5, 0.6) is 5.75 Å². The molecule has 3 rings (SSSR count). The molecule has 0 aliphatic heterocycles. The Labute approximate surface area is 140 Å². The highest BCUT2D eigenvalue weighted by Crippen LogP contribution is 2.10. The molecule has 0 amide bonds. The summed E-state index contributed by atoms with van der Waals surface area (Å²) in [5.74, 6) is 0.959. The zero-order valence-electron chi connectivity index (χ0n) is 13.2. The van der Waals surface area contributed by atoms with E-state index in [9.17, 15) is 0 Å². The van der Waals surface area contributed by atoms with E-state index in [1.807, 2.05) is 30.3 Å². The number of hydrogen-bond acceptors (Lipinski definition) is 1. The molecule has 2 heteroatoms. The van der Waals surface area contributed by atoms with Crippen molar-refractivity contribution in [2.45, 2.75) is 12.5 Å². The van der Waals surface area contributed by atoms with Crippen molar-refractivity contribution in [3.63, 3.8) is 0 Å². The summed E-state index contributed by atoms with van der Waals surface area (Å²) in [5.41, 5.74) is 0. The van der Waals surface area contributed by atoms with Crippen molar-refractivity contribution in [3.8, 4) is 5.75 Å². The second-order valence-corrected chi connectivity index (χ2v) is 8.09. The maximum atomic E-state index is 5.84. The number of hydrogen-bond donors (Lipinski definition) is 0. The molecule has 1 nitrogen and oxygen atoms in total. The second-order valence-electron chi connectivity index (χ2n) is 5.48. The van der Waals surface area contributed by atoms with Crippen molar-refractivity contribution >= 4 is 19.2 Å². The first kappa shape index (κ1) is 15.6. The molecule has 115 valence electrons. The maximum Gasteiger partial charge on any atom is 0.121 e. The summed E-state index contributed by atoms with van der Waals surface area (Å²) in [5, 5.41) is 2.95. The lowest BCUT2D eigenvalue weighted by Gasteiger charge is -2.16. The minimum atomic E-state index is -0.734. The molecule has 0 heterocycles. The fourth-order valence-electron chi connectivity index (χ4n) is 2.69. The van der Waals surface area contributed by atoms with Crippen LogP contribution in [0.3, 0.4) is 0 Å². The summed E-state index contributed by atoms with van der Waals surface area (Å²) in [6.07, 6.45) is 1.08. The summed E-state index contributed by atoms with van der Waals surface area (Å²) >= 11 is 0. The zero-order valence-corrected chi connectivity index (χ0v) is 14.2. The van der Waals surface area contributed by atoms with Crippen molar-refractivity contribution in [1.82, 2.24) is 0 Å².